The maximum atomic E-state index is 13.3. The molecule has 0 atom stereocenters. The van der Waals surface area contributed by atoms with E-state index >= 15 is 0 Å². The fourth-order valence-electron chi connectivity index (χ4n) is 1.04. The average Bonchev–Trinajstić information content (AvgIpc) is 2.51. The second-order valence-electron chi connectivity index (χ2n) is 2.54. The number of hydrogen-bond donors (Lipinski definition) is 1. The Kier molecular flexibility index (Phi) is 2.20. The van der Waals surface area contributed by atoms with Crippen molar-refractivity contribution in [2.24, 2.45) is 0 Å². The Labute approximate surface area is 87.1 Å². The van der Waals surface area contributed by atoms with E-state index < -0.39 is 5.82 Å². The van der Waals surface area contributed by atoms with Gasteiger partial charge in [0.15, 0.2) is 0 Å². The molecule has 0 aliphatic heterocycles. The fraction of sp³-hybridized carbons (Fsp3) is 0. The number of aromatic nitrogens is 2. The van der Waals surface area contributed by atoms with E-state index in [1.165, 1.54) is 6.07 Å². The summed E-state index contributed by atoms with van der Waals surface area (Å²) in [5.41, 5.74) is 5.46. The summed E-state index contributed by atoms with van der Waals surface area (Å²) < 4.78 is 18.8. The molecule has 0 saturated carbocycles. The Morgan fingerprint density at radius 2 is 2.14 bits per heavy atom. The molecule has 2 rings (SSSR count). The number of halogens is 2. The van der Waals surface area contributed by atoms with Gasteiger partial charge in [-0.05, 0) is 28.1 Å². The van der Waals surface area contributed by atoms with Gasteiger partial charge in [-0.3, -0.25) is 0 Å². The third-order valence-electron chi connectivity index (χ3n) is 1.62. The molecule has 0 fully saturated rings. The van der Waals surface area contributed by atoms with Gasteiger partial charge >= 0.3 is 6.01 Å². The van der Waals surface area contributed by atoms with Gasteiger partial charge < -0.3 is 10.2 Å². The van der Waals surface area contributed by atoms with Crippen molar-refractivity contribution in [1.82, 2.24) is 10.2 Å². The molecule has 14 heavy (non-hydrogen) atoms. The highest BCUT2D eigenvalue weighted by Crippen LogP contribution is 2.29. The molecule has 2 aromatic rings. The van der Waals surface area contributed by atoms with E-state index in [2.05, 4.69) is 26.1 Å². The van der Waals surface area contributed by atoms with Crippen LogP contribution in [0.2, 0.25) is 0 Å². The lowest BCUT2D eigenvalue weighted by Crippen LogP contribution is -1.85. The third kappa shape index (κ3) is 1.48. The molecule has 0 aliphatic carbocycles. The summed E-state index contributed by atoms with van der Waals surface area (Å²) >= 11 is 3.18. The van der Waals surface area contributed by atoms with Crippen LogP contribution in [0.25, 0.3) is 11.5 Å². The van der Waals surface area contributed by atoms with Gasteiger partial charge in [-0.2, -0.15) is 0 Å². The monoisotopic (exact) mass is 257 g/mol. The first kappa shape index (κ1) is 9.14. The maximum absolute atomic E-state index is 13.3. The van der Waals surface area contributed by atoms with Gasteiger partial charge in [0.25, 0.3) is 5.89 Å². The van der Waals surface area contributed by atoms with Gasteiger partial charge in [0.1, 0.15) is 5.82 Å². The minimum atomic E-state index is -0.442. The SMILES string of the molecule is Nc1nnc(-c2c(F)cccc2Br)o1. The van der Waals surface area contributed by atoms with Crippen molar-refractivity contribution in [3.8, 4) is 11.5 Å². The fourth-order valence-corrected chi connectivity index (χ4v) is 1.55. The number of nitrogens with two attached hydrogens (primary N) is 1. The molecule has 0 amide bonds. The van der Waals surface area contributed by atoms with Crippen LogP contribution in [0.1, 0.15) is 0 Å². The Morgan fingerprint density at radius 3 is 2.71 bits per heavy atom. The van der Waals surface area contributed by atoms with Crippen molar-refractivity contribution in [3.63, 3.8) is 0 Å². The van der Waals surface area contributed by atoms with Crippen molar-refractivity contribution < 1.29 is 8.81 Å². The Morgan fingerprint density at radius 1 is 1.36 bits per heavy atom. The van der Waals surface area contributed by atoms with Crippen LogP contribution in [0.3, 0.4) is 0 Å². The number of benzene rings is 1. The third-order valence-corrected chi connectivity index (χ3v) is 2.28. The van der Waals surface area contributed by atoms with Crippen molar-refractivity contribution in [2.75, 3.05) is 5.73 Å². The molecule has 2 N–H and O–H groups in total. The Bertz CT molecular complexity index is 451. The summed E-state index contributed by atoms with van der Waals surface area (Å²) in [5, 5.41) is 7.04. The van der Waals surface area contributed by atoms with E-state index in [1.54, 1.807) is 12.1 Å². The van der Waals surface area contributed by atoms with Crippen LogP contribution in [0, 0.1) is 5.82 Å². The van der Waals surface area contributed by atoms with Crippen molar-refractivity contribution in [3.05, 3.63) is 28.5 Å². The molecule has 0 radical (unpaired) electrons. The Balaban J connectivity index is 2.61. The molecular formula is C8H5BrFN3O. The van der Waals surface area contributed by atoms with Crippen LogP contribution >= 0.6 is 15.9 Å². The van der Waals surface area contributed by atoms with Crippen LogP contribution in [0.5, 0.6) is 0 Å². The summed E-state index contributed by atoms with van der Waals surface area (Å²) in [5.74, 6) is -0.379. The number of nitrogen functional groups attached to an aromatic ring is 1. The van der Waals surface area contributed by atoms with Gasteiger partial charge in [0.05, 0.1) is 5.56 Å². The smallest absolute Gasteiger partial charge is 0.313 e. The second-order valence-corrected chi connectivity index (χ2v) is 3.40. The minimum Gasteiger partial charge on any atom is -0.403 e. The van der Waals surface area contributed by atoms with Crippen LogP contribution in [-0.4, -0.2) is 10.2 Å². The minimum absolute atomic E-state index is 0.0625. The number of rotatable bonds is 1. The highest BCUT2D eigenvalue weighted by Gasteiger charge is 2.14. The summed E-state index contributed by atoms with van der Waals surface area (Å²) in [6.45, 7) is 0. The van der Waals surface area contributed by atoms with Gasteiger partial charge in [0, 0.05) is 4.47 Å². The lowest BCUT2D eigenvalue weighted by Gasteiger charge is -1.99. The molecule has 1 heterocycles. The predicted octanol–water partition coefficient (Wildman–Crippen LogP) is 2.22. The maximum Gasteiger partial charge on any atom is 0.313 e. The Hall–Kier alpha value is -1.43. The van der Waals surface area contributed by atoms with E-state index in [9.17, 15) is 4.39 Å². The van der Waals surface area contributed by atoms with Crippen LogP contribution in [-0.2, 0) is 0 Å². The van der Waals surface area contributed by atoms with Gasteiger partial charge in [-0.25, -0.2) is 4.39 Å². The van der Waals surface area contributed by atoms with Crippen molar-refractivity contribution in [2.45, 2.75) is 0 Å². The van der Waals surface area contributed by atoms with Crippen molar-refractivity contribution in [1.29, 1.82) is 0 Å². The number of hydrogen-bond acceptors (Lipinski definition) is 4. The highest BCUT2D eigenvalue weighted by atomic mass is 79.9. The largest absolute Gasteiger partial charge is 0.403 e. The molecule has 0 bridgehead atoms. The van der Waals surface area contributed by atoms with Gasteiger partial charge in [0.2, 0.25) is 0 Å². The normalized spacial score (nSPS) is 10.4. The summed E-state index contributed by atoms with van der Waals surface area (Å²) in [6.07, 6.45) is 0. The van der Waals surface area contributed by atoms with E-state index in [1.807, 2.05) is 0 Å². The topological polar surface area (TPSA) is 64.9 Å². The quantitative estimate of drug-likeness (QED) is 0.851. The summed E-state index contributed by atoms with van der Waals surface area (Å²) in [6, 6.07) is 4.47. The summed E-state index contributed by atoms with van der Waals surface area (Å²) in [7, 11) is 0. The average molecular weight is 258 g/mol. The first-order valence-corrected chi connectivity index (χ1v) is 4.51. The van der Waals surface area contributed by atoms with E-state index in [0.717, 1.165) is 0 Å². The molecule has 0 saturated heterocycles. The van der Waals surface area contributed by atoms with Gasteiger partial charge in [-0.15, -0.1) is 5.10 Å². The number of anilines is 1. The predicted molar refractivity (Wildman–Crippen MR) is 51.8 cm³/mol. The molecule has 4 nitrogen and oxygen atoms in total. The van der Waals surface area contributed by atoms with Crippen LogP contribution < -0.4 is 5.73 Å². The molecule has 0 aliphatic rings. The van der Waals surface area contributed by atoms with Crippen molar-refractivity contribution >= 4 is 21.9 Å². The van der Waals surface area contributed by atoms with E-state index in [-0.39, 0.29) is 17.5 Å². The molecule has 0 unspecified atom stereocenters. The first-order chi connectivity index (χ1) is 6.68. The zero-order valence-corrected chi connectivity index (χ0v) is 8.45. The lowest BCUT2D eigenvalue weighted by atomic mass is 10.2. The molecular weight excluding hydrogens is 253 g/mol. The molecule has 72 valence electrons. The molecule has 1 aromatic heterocycles. The lowest BCUT2D eigenvalue weighted by molar-refractivity contribution is 0.574. The zero-order valence-electron chi connectivity index (χ0n) is 6.87. The standard InChI is InChI=1S/C8H5BrFN3O/c9-4-2-1-3-5(10)6(4)7-12-13-8(11)14-7/h1-3H,(H2,11,13). The number of nitrogens with zero attached hydrogens (tertiary/aromatic N) is 2. The first-order valence-electron chi connectivity index (χ1n) is 3.72. The van der Waals surface area contributed by atoms with Crippen LogP contribution in [0.15, 0.2) is 27.1 Å². The highest BCUT2D eigenvalue weighted by molar-refractivity contribution is 9.10. The zero-order chi connectivity index (χ0) is 10.1. The molecule has 1 aromatic carbocycles. The van der Waals surface area contributed by atoms with E-state index in [0.29, 0.717) is 4.47 Å². The van der Waals surface area contributed by atoms with Gasteiger partial charge in [-0.1, -0.05) is 11.2 Å². The molecule has 6 heteroatoms. The van der Waals surface area contributed by atoms with E-state index in [4.69, 9.17) is 10.2 Å². The second kappa shape index (κ2) is 3.38. The summed E-state index contributed by atoms with van der Waals surface area (Å²) in [4.78, 5) is 0. The molecule has 0 spiro atoms. The van der Waals surface area contributed by atoms with Crippen LogP contribution in [0.4, 0.5) is 10.4 Å².